The maximum atomic E-state index is 13.7. The van der Waals surface area contributed by atoms with Crippen molar-refractivity contribution in [2.24, 2.45) is 5.92 Å². The highest BCUT2D eigenvalue weighted by Crippen LogP contribution is 2.36. The number of methoxy groups -OCH3 is 2. The summed E-state index contributed by atoms with van der Waals surface area (Å²) < 4.78 is 12.9. The van der Waals surface area contributed by atoms with Gasteiger partial charge in [-0.1, -0.05) is 37.3 Å². The molecule has 206 valence electrons. The first-order chi connectivity index (χ1) is 18.8. The number of benzene rings is 2. The number of hydrogen-bond donors (Lipinski definition) is 1. The number of tetrazole rings is 1. The van der Waals surface area contributed by atoms with Gasteiger partial charge in [0.2, 0.25) is 0 Å². The van der Waals surface area contributed by atoms with Crippen LogP contribution >= 0.6 is 0 Å². The van der Waals surface area contributed by atoms with E-state index in [0.29, 0.717) is 34.3 Å². The molecule has 1 atom stereocenters. The third-order valence-electron chi connectivity index (χ3n) is 8.23. The lowest BCUT2D eigenvalue weighted by Crippen LogP contribution is -2.42. The zero-order chi connectivity index (χ0) is 27.6. The number of hydrogen-bond acceptors (Lipinski definition) is 7. The minimum absolute atomic E-state index is 0.157. The predicted octanol–water partition coefficient (Wildman–Crippen LogP) is 4.72. The van der Waals surface area contributed by atoms with Crippen molar-refractivity contribution in [3.05, 3.63) is 75.8 Å². The Bertz CT molecular complexity index is 1470. The van der Waals surface area contributed by atoms with Gasteiger partial charge in [-0.05, 0) is 86.7 Å². The van der Waals surface area contributed by atoms with E-state index >= 15 is 0 Å². The first-order valence-corrected chi connectivity index (χ1v) is 13.7. The minimum Gasteiger partial charge on any atom is -0.493 e. The van der Waals surface area contributed by atoms with Crippen LogP contribution in [0.1, 0.15) is 63.0 Å². The van der Waals surface area contributed by atoms with Gasteiger partial charge in [0.05, 0.1) is 25.3 Å². The lowest BCUT2D eigenvalue weighted by atomic mass is 9.88. The SMILES string of the molecule is CCC(C)(C)n1nnnc1[C@@H](c1cc2cc(OC)c(OC)cc2[nH]c1=O)N1CCC(Cc2ccccc2)CC1. The lowest BCUT2D eigenvalue weighted by molar-refractivity contribution is 0.137. The van der Waals surface area contributed by atoms with E-state index in [-0.39, 0.29) is 17.1 Å². The number of nitrogens with one attached hydrogen (secondary N) is 1. The van der Waals surface area contributed by atoms with Gasteiger partial charge in [0.1, 0.15) is 6.04 Å². The van der Waals surface area contributed by atoms with Gasteiger partial charge in [-0.3, -0.25) is 9.69 Å². The highest BCUT2D eigenvalue weighted by atomic mass is 16.5. The fourth-order valence-electron chi connectivity index (χ4n) is 5.56. The van der Waals surface area contributed by atoms with Crippen LogP contribution in [0, 0.1) is 5.92 Å². The second kappa shape index (κ2) is 11.2. The largest absolute Gasteiger partial charge is 0.493 e. The van der Waals surface area contributed by atoms with Crippen LogP contribution in [0.4, 0.5) is 0 Å². The Balaban J connectivity index is 1.55. The van der Waals surface area contributed by atoms with E-state index in [0.717, 1.165) is 44.2 Å². The first kappa shape index (κ1) is 26.9. The Morgan fingerprint density at radius 3 is 2.41 bits per heavy atom. The molecule has 0 amide bonds. The van der Waals surface area contributed by atoms with Gasteiger partial charge in [0, 0.05) is 17.0 Å². The number of aromatic nitrogens is 5. The topological polar surface area (TPSA) is 98.2 Å². The van der Waals surface area contributed by atoms with Gasteiger partial charge in [-0.15, -0.1) is 5.10 Å². The summed E-state index contributed by atoms with van der Waals surface area (Å²) >= 11 is 0. The summed E-state index contributed by atoms with van der Waals surface area (Å²) in [6, 6.07) is 15.9. The third-order valence-corrected chi connectivity index (χ3v) is 8.23. The molecule has 9 nitrogen and oxygen atoms in total. The van der Waals surface area contributed by atoms with Crippen molar-refractivity contribution in [3.63, 3.8) is 0 Å². The molecule has 1 aliphatic heterocycles. The lowest BCUT2D eigenvalue weighted by Gasteiger charge is -2.38. The zero-order valence-electron chi connectivity index (χ0n) is 23.5. The molecule has 39 heavy (non-hydrogen) atoms. The van der Waals surface area contributed by atoms with Crippen molar-refractivity contribution >= 4 is 10.9 Å². The fraction of sp³-hybridized carbons (Fsp3) is 0.467. The number of nitrogens with zero attached hydrogens (tertiary/aromatic N) is 5. The molecule has 1 aliphatic rings. The maximum Gasteiger partial charge on any atom is 0.253 e. The van der Waals surface area contributed by atoms with Crippen LogP contribution in [-0.2, 0) is 12.0 Å². The summed E-state index contributed by atoms with van der Waals surface area (Å²) in [5.74, 6) is 2.46. The normalized spacial score (nSPS) is 15.9. The van der Waals surface area contributed by atoms with Crippen molar-refractivity contribution in [3.8, 4) is 11.5 Å². The summed E-state index contributed by atoms with van der Waals surface area (Å²) in [5, 5.41) is 13.8. The molecule has 4 aromatic rings. The van der Waals surface area contributed by atoms with Gasteiger partial charge in [-0.2, -0.15) is 0 Å². The van der Waals surface area contributed by atoms with Gasteiger partial charge >= 0.3 is 0 Å². The second-order valence-electron chi connectivity index (χ2n) is 11.0. The van der Waals surface area contributed by atoms with E-state index < -0.39 is 0 Å². The highest BCUT2D eigenvalue weighted by Gasteiger charge is 2.36. The fourth-order valence-corrected chi connectivity index (χ4v) is 5.56. The van der Waals surface area contributed by atoms with Crippen molar-refractivity contribution in [1.29, 1.82) is 0 Å². The smallest absolute Gasteiger partial charge is 0.253 e. The number of rotatable bonds is 9. The number of H-pyrrole nitrogens is 1. The third kappa shape index (κ3) is 5.41. The highest BCUT2D eigenvalue weighted by molar-refractivity contribution is 5.83. The number of ether oxygens (including phenoxy) is 2. The van der Waals surface area contributed by atoms with Crippen LogP contribution in [0.2, 0.25) is 0 Å². The van der Waals surface area contributed by atoms with E-state index in [9.17, 15) is 4.79 Å². The average Bonchev–Trinajstić information content (AvgIpc) is 3.45. The summed E-state index contributed by atoms with van der Waals surface area (Å²) in [6.07, 6.45) is 4.00. The molecule has 0 aliphatic carbocycles. The predicted molar refractivity (Wildman–Crippen MR) is 151 cm³/mol. The van der Waals surface area contributed by atoms with Gasteiger partial charge < -0.3 is 14.5 Å². The van der Waals surface area contributed by atoms with Crippen LogP contribution in [0.25, 0.3) is 10.9 Å². The minimum atomic E-state index is -0.384. The molecular formula is C30H38N6O3. The van der Waals surface area contributed by atoms with E-state index in [1.165, 1.54) is 5.56 Å². The van der Waals surface area contributed by atoms with Crippen LogP contribution < -0.4 is 15.0 Å². The Kier molecular flexibility index (Phi) is 7.70. The Labute approximate surface area is 229 Å². The molecule has 1 fully saturated rings. The van der Waals surface area contributed by atoms with Crippen molar-refractivity contribution < 1.29 is 9.47 Å². The molecule has 0 unspecified atom stereocenters. The maximum absolute atomic E-state index is 13.7. The summed E-state index contributed by atoms with van der Waals surface area (Å²) in [6.45, 7) is 8.07. The van der Waals surface area contributed by atoms with Crippen LogP contribution in [-0.4, -0.2) is 57.4 Å². The Hall–Kier alpha value is -3.72. The Morgan fingerprint density at radius 2 is 1.74 bits per heavy atom. The molecular weight excluding hydrogens is 492 g/mol. The van der Waals surface area contributed by atoms with E-state index in [4.69, 9.17) is 9.47 Å². The molecule has 0 spiro atoms. The van der Waals surface area contributed by atoms with Gasteiger partial charge in [-0.25, -0.2) is 4.68 Å². The molecule has 0 bridgehead atoms. The van der Waals surface area contributed by atoms with Crippen molar-refractivity contribution in [2.45, 2.75) is 58.0 Å². The van der Waals surface area contributed by atoms with Gasteiger partial charge in [0.15, 0.2) is 17.3 Å². The molecule has 2 aromatic heterocycles. The zero-order valence-corrected chi connectivity index (χ0v) is 23.5. The molecule has 0 radical (unpaired) electrons. The molecule has 5 rings (SSSR count). The number of pyridine rings is 1. The van der Waals surface area contributed by atoms with E-state index in [2.05, 4.69) is 76.5 Å². The van der Waals surface area contributed by atoms with Crippen LogP contribution in [0.15, 0.2) is 53.3 Å². The molecule has 3 heterocycles. The number of fused-ring (bicyclic) bond motifs is 1. The van der Waals surface area contributed by atoms with Gasteiger partial charge in [0.25, 0.3) is 5.56 Å². The van der Waals surface area contributed by atoms with E-state index in [1.807, 2.05) is 16.8 Å². The number of piperidine rings is 1. The molecule has 9 heteroatoms. The summed E-state index contributed by atoms with van der Waals surface area (Å²) in [4.78, 5) is 19.1. The molecule has 2 aromatic carbocycles. The van der Waals surface area contributed by atoms with E-state index in [1.54, 1.807) is 20.3 Å². The van der Waals surface area contributed by atoms with Crippen LogP contribution in [0.5, 0.6) is 11.5 Å². The average molecular weight is 531 g/mol. The van der Waals surface area contributed by atoms with Crippen LogP contribution in [0.3, 0.4) is 0 Å². The van der Waals surface area contributed by atoms with Crippen molar-refractivity contribution in [1.82, 2.24) is 30.1 Å². The number of likely N-dealkylation sites (tertiary alicyclic amines) is 1. The number of aromatic amines is 1. The molecule has 1 saturated heterocycles. The standard InChI is InChI=1S/C30H38N6O3/c1-6-30(2,3)36-28(32-33-34-36)27(35-14-12-21(13-15-35)16-20-10-8-7-9-11-20)23-17-22-18-25(38-4)26(39-5)19-24(22)31-29(23)37/h7-11,17-19,21,27H,6,12-16H2,1-5H3,(H,31,37)/t27-/m1/s1. The Morgan fingerprint density at radius 1 is 1.05 bits per heavy atom. The molecule has 0 saturated carbocycles. The second-order valence-corrected chi connectivity index (χ2v) is 11.0. The van der Waals surface area contributed by atoms with Crippen molar-refractivity contribution in [2.75, 3.05) is 27.3 Å². The molecule has 1 N–H and O–H groups in total. The monoisotopic (exact) mass is 530 g/mol. The summed E-state index contributed by atoms with van der Waals surface area (Å²) in [7, 11) is 3.20. The quantitative estimate of drug-likeness (QED) is 0.334. The first-order valence-electron chi connectivity index (χ1n) is 13.7. The summed E-state index contributed by atoms with van der Waals surface area (Å²) in [5.41, 5.74) is 2.23.